The summed E-state index contributed by atoms with van der Waals surface area (Å²) in [6.45, 7) is 3.92. The van der Waals surface area contributed by atoms with Crippen LogP contribution in [-0.4, -0.2) is 76.0 Å². The van der Waals surface area contributed by atoms with E-state index in [9.17, 15) is 38.9 Å². The normalized spacial score (nSPS) is 11.1. The number of hydrogen-bond donors (Lipinski definition) is 0. The molecule has 0 saturated heterocycles. The Labute approximate surface area is 127 Å². The zero-order valence-corrected chi connectivity index (χ0v) is 15.5. The summed E-state index contributed by atoms with van der Waals surface area (Å²) in [5.74, 6) is -0.938. The third-order valence-corrected chi connectivity index (χ3v) is 3.18. The second-order valence-corrected chi connectivity index (χ2v) is 7.62. The van der Waals surface area contributed by atoms with Crippen molar-refractivity contribution in [1.82, 2.24) is 0 Å². The Hall–Kier alpha value is 0.366. The van der Waals surface area contributed by atoms with Crippen LogP contribution in [0, 0.1) is 0 Å². The summed E-state index contributed by atoms with van der Waals surface area (Å²) in [6.07, 6.45) is 0. The van der Waals surface area contributed by atoms with Gasteiger partial charge in [0, 0.05) is 17.3 Å². The fraction of sp³-hybridized carbons (Fsp3) is 1.00. The van der Waals surface area contributed by atoms with Crippen molar-refractivity contribution in [1.29, 1.82) is 0 Å². The van der Waals surface area contributed by atoms with E-state index in [4.69, 9.17) is 0 Å². The topological polar surface area (TPSA) is 172 Å². The van der Waals surface area contributed by atoms with Crippen LogP contribution >= 0.6 is 0 Å². The maximum Gasteiger partial charge on any atom is 3.00 e. The molecule has 0 aliphatic rings. The summed E-state index contributed by atoms with van der Waals surface area (Å²) in [6, 6.07) is 0. The minimum atomic E-state index is -3.91. The zero-order chi connectivity index (χ0) is 15.6. The monoisotopic (exact) mass is 396 g/mol. The first-order valence-electron chi connectivity index (χ1n) is 4.49. The SMILES string of the molecule is CCS(=O)(=O)[O-].CCS(=O)(=O)[O-].CCS(=O)(=O)[O-].[Ga+3]. The van der Waals surface area contributed by atoms with Crippen molar-refractivity contribution in [3.8, 4) is 0 Å². The van der Waals surface area contributed by atoms with Crippen LogP contribution < -0.4 is 0 Å². The first-order valence-corrected chi connectivity index (χ1v) is 9.22. The van der Waals surface area contributed by atoms with Crippen LogP contribution in [0.5, 0.6) is 0 Å². The molecular weight excluding hydrogens is 382 g/mol. The summed E-state index contributed by atoms with van der Waals surface area (Å²) in [5, 5.41) is 0. The average Bonchev–Trinajstić information content (AvgIpc) is 2.16. The van der Waals surface area contributed by atoms with Gasteiger partial charge in [-0.25, -0.2) is 25.3 Å². The van der Waals surface area contributed by atoms with Gasteiger partial charge in [-0.1, -0.05) is 20.8 Å². The maximum absolute atomic E-state index is 9.44. The summed E-state index contributed by atoms with van der Waals surface area (Å²) >= 11 is 0. The molecule has 0 aliphatic carbocycles. The van der Waals surface area contributed by atoms with E-state index in [0.717, 1.165) is 0 Å². The summed E-state index contributed by atoms with van der Waals surface area (Å²) in [7, 11) is -11.7. The smallest absolute Gasteiger partial charge is 0.748 e. The molecule has 0 rings (SSSR count). The van der Waals surface area contributed by atoms with Gasteiger partial charge in [-0.15, -0.1) is 0 Å². The predicted octanol–water partition coefficient (Wildman–Crippen LogP) is -1.73. The van der Waals surface area contributed by atoms with Crippen molar-refractivity contribution in [3.05, 3.63) is 0 Å². The summed E-state index contributed by atoms with van der Waals surface area (Å²) < 4.78 is 85.0. The molecule has 0 aliphatic heterocycles. The van der Waals surface area contributed by atoms with E-state index in [1.54, 1.807) is 0 Å². The molecule has 0 aromatic rings. The molecule has 0 N–H and O–H groups in total. The Morgan fingerprint density at radius 2 is 0.632 bits per heavy atom. The van der Waals surface area contributed by atoms with Gasteiger partial charge in [0.2, 0.25) is 0 Å². The Balaban J connectivity index is -0.0000000865. The van der Waals surface area contributed by atoms with E-state index in [0.29, 0.717) is 0 Å². The van der Waals surface area contributed by atoms with Gasteiger partial charge < -0.3 is 13.7 Å². The molecule has 0 heterocycles. The minimum absolute atomic E-state index is 0. The van der Waals surface area contributed by atoms with Gasteiger partial charge in [-0.2, -0.15) is 0 Å². The van der Waals surface area contributed by atoms with Crippen LogP contribution in [-0.2, 0) is 30.4 Å². The minimum Gasteiger partial charge on any atom is -0.748 e. The van der Waals surface area contributed by atoms with E-state index in [1.165, 1.54) is 20.8 Å². The molecule has 0 saturated carbocycles. The van der Waals surface area contributed by atoms with Crippen LogP contribution in [0.1, 0.15) is 20.8 Å². The van der Waals surface area contributed by atoms with Gasteiger partial charge in [0.1, 0.15) is 0 Å². The molecule has 13 heteroatoms. The summed E-state index contributed by atoms with van der Waals surface area (Å²) in [4.78, 5) is 0. The van der Waals surface area contributed by atoms with Crippen molar-refractivity contribution in [2.45, 2.75) is 20.8 Å². The van der Waals surface area contributed by atoms with E-state index >= 15 is 0 Å². The van der Waals surface area contributed by atoms with Crippen LogP contribution in [0.2, 0.25) is 0 Å². The van der Waals surface area contributed by atoms with Gasteiger partial charge in [-0.3, -0.25) is 0 Å². The van der Waals surface area contributed by atoms with Crippen LogP contribution in [0.4, 0.5) is 0 Å². The molecule has 9 nitrogen and oxygen atoms in total. The molecule has 0 atom stereocenters. The van der Waals surface area contributed by atoms with Crippen molar-refractivity contribution in [2.24, 2.45) is 0 Å². The second kappa shape index (κ2) is 12.1. The average molecular weight is 397 g/mol. The third kappa shape index (κ3) is 56.1. The zero-order valence-electron chi connectivity index (χ0n) is 10.6. The Morgan fingerprint density at radius 1 is 0.579 bits per heavy atom. The summed E-state index contributed by atoms with van der Waals surface area (Å²) in [5.41, 5.74) is 0. The van der Waals surface area contributed by atoms with E-state index in [2.05, 4.69) is 0 Å². The van der Waals surface area contributed by atoms with Crippen LogP contribution in [0.3, 0.4) is 0 Å². The van der Waals surface area contributed by atoms with Crippen LogP contribution in [0.15, 0.2) is 0 Å². The van der Waals surface area contributed by atoms with E-state index in [-0.39, 0.29) is 37.0 Å². The van der Waals surface area contributed by atoms with Crippen molar-refractivity contribution < 1.29 is 38.9 Å². The molecule has 0 spiro atoms. The Kier molecular flexibility index (Phi) is 17.7. The third-order valence-electron chi connectivity index (χ3n) is 1.06. The first-order chi connectivity index (χ1) is 7.68. The molecule has 114 valence electrons. The van der Waals surface area contributed by atoms with Gasteiger partial charge in [-0.05, 0) is 0 Å². The van der Waals surface area contributed by atoms with Crippen molar-refractivity contribution in [3.63, 3.8) is 0 Å². The molecule has 0 aromatic carbocycles. The molecule has 0 amide bonds. The number of hydrogen-bond acceptors (Lipinski definition) is 9. The standard InChI is InChI=1S/3C2H6O3S.Ga/c3*1-2-6(3,4)5;/h3*2H2,1H3,(H,3,4,5);/q;;;+3/p-3. The van der Waals surface area contributed by atoms with Crippen molar-refractivity contribution in [2.75, 3.05) is 17.3 Å². The van der Waals surface area contributed by atoms with Gasteiger partial charge in [0.15, 0.2) is 0 Å². The van der Waals surface area contributed by atoms with Gasteiger partial charge in [0.05, 0.1) is 30.4 Å². The molecular formula is C6H15GaO9S3. The fourth-order valence-electron chi connectivity index (χ4n) is 0. The predicted molar refractivity (Wildman–Crippen MR) is 66.5 cm³/mol. The van der Waals surface area contributed by atoms with E-state index < -0.39 is 30.4 Å². The molecule has 0 bridgehead atoms. The molecule has 19 heavy (non-hydrogen) atoms. The largest absolute Gasteiger partial charge is 3.00 e. The Bertz CT molecular complexity index is 414. The van der Waals surface area contributed by atoms with Gasteiger partial charge in [0.25, 0.3) is 0 Å². The van der Waals surface area contributed by atoms with Gasteiger partial charge >= 0.3 is 19.8 Å². The quantitative estimate of drug-likeness (QED) is 0.396. The molecule has 0 aromatic heterocycles. The number of rotatable bonds is 3. The molecule has 0 unspecified atom stereocenters. The molecule has 0 fully saturated rings. The van der Waals surface area contributed by atoms with Crippen LogP contribution in [0.25, 0.3) is 0 Å². The second-order valence-electron chi connectivity index (χ2n) is 2.54. The fourth-order valence-corrected chi connectivity index (χ4v) is 0. The first kappa shape index (κ1) is 27.7. The maximum atomic E-state index is 9.44. The van der Waals surface area contributed by atoms with Crippen molar-refractivity contribution >= 4 is 50.1 Å². The Morgan fingerprint density at radius 3 is 0.632 bits per heavy atom. The molecule has 0 radical (unpaired) electrons. The van der Waals surface area contributed by atoms with E-state index in [1.807, 2.05) is 0 Å².